The smallest absolute Gasteiger partial charge is 0.243 e. The molecule has 100 valence electrons. The van der Waals surface area contributed by atoms with Gasteiger partial charge in [0.25, 0.3) is 0 Å². The molecule has 1 saturated carbocycles. The zero-order chi connectivity index (χ0) is 13.3. The second-order valence-electron chi connectivity index (χ2n) is 4.83. The lowest BCUT2D eigenvalue weighted by Crippen LogP contribution is -2.41. The van der Waals surface area contributed by atoms with Gasteiger partial charge in [0.2, 0.25) is 10.0 Å². The van der Waals surface area contributed by atoms with Crippen molar-refractivity contribution in [1.82, 2.24) is 4.31 Å². The van der Waals surface area contributed by atoms with Crippen LogP contribution in [-0.2, 0) is 16.4 Å². The Morgan fingerprint density at radius 3 is 2.56 bits per heavy atom. The summed E-state index contributed by atoms with van der Waals surface area (Å²) in [5.74, 6) is 0. The van der Waals surface area contributed by atoms with Gasteiger partial charge in [-0.15, -0.1) is 0 Å². The van der Waals surface area contributed by atoms with E-state index in [2.05, 4.69) is 0 Å². The molecule has 1 aliphatic rings. The summed E-state index contributed by atoms with van der Waals surface area (Å²) in [6, 6.07) is 5.28. The van der Waals surface area contributed by atoms with Crippen molar-refractivity contribution in [3.63, 3.8) is 0 Å². The lowest BCUT2D eigenvalue weighted by molar-refractivity contribution is 0.249. The molecule has 1 fully saturated rings. The minimum absolute atomic E-state index is 0.154. The minimum atomic E-state index is -3.41. The normalized spacial score (nSPS) is 16.8. The van der Waals surface area contributed by atoms with E-state index < -0.39 is 10.0 Å². The van der Waals surface area contributed by atoms with Gasteiger partial charge in [-0.25, -0.2) is 8.42 Å². The van der Waals surface area contributed by atoms with Crippen LogP contribution in [0.2, 0.25) is 0 Å². The molecule has 0 aliphatic heterocycles. The third-order valence-electron chi connectivity index (χ3n) is 3.72. The third-order valence-corrected chi connectivity index (χ3v) is 5.71. The predicted octanol–water partition coefficient (Wildman–Crippen LogP) is 2.00. The Bertz CT molecular complexity index is 536. The SMILES string of the molecule is CCc1ccc(N)cc1S(=O)(=O)N(C)C1CCC1. The Hall–Kier alpha value is -1.07. The van der Waals surface area contributed by atoms with Crippen molar-refractivity contribution >= 4 is 15.7 Å². The Morgan fingerprint density at radius 2 is 2.06 bits per heavy atom. The van der Waals surface area contributed by atoms with Crippen molar-refractivity contribution in [3.05, 3.63) is 23.8 Å². The number of rotatable bonds is 4. The number of aryl methyl sites for hydroxylation is 1. The zero-order valence-corrected chi connectivity index (χ0v) is 11.7. The van der Waals surface area contributed by atoms with Gasteiger partial charge in [-0.05, 0) is 37.0 Å². The van der Waals surface area contributed by atoms with Crippen LogP contribution < -0.4 is 5.73 Å². The van der Waals surface area contributed by atoms with Crippen LogP contribution in [0.5, 0.6) is 0 Å². The number of hydrogen-bond donors (Lipinski definition) is 1. The number of nitrogen functional groups attached to an aromatic ring is 1. The summed E-state index contributed by atoms with van der Waals surface area (Å²) in [7, 11) is -1.74. The first-order valence-electron chi connectivity index (χ1n) is 6.33. The number of anilines is 1. The number of sulfonamides is 1. The van der Waals surface area contributed by atoms with Gasteiger partial charge in [0.15, 0.2) is 0 Å². The molecule has 0 unspecified atom stereocenters. The van der Waals surface area contributed by atoms with Crippen molar-refractivity contribution in [1.29, 1.82) is 0 Å². The molecule has 2 rings (SSSR count). The molecule has 0 radical (unpaired) electrons. The maximum absolute atomic E-state index is 12.6. The summed E-state index contributed by atoms with van der Waals surface area (Å²) >= 11 is 0. The molecule has 0 spiro atoms. The fourth-order valence-corrected chi connectivity index (χ4v) is 3.95. The van der Waals surface area contributed by atoms with Gasteiger partial charge < -0.3 is 5.73 Å². The molecule has 1 aromatic rings. The summed E-state index contributed by atoms with van der Waals surface area (Å²) in [6.07, 6.45) is 3.72. The fourth-order valence-electron chi connectivity index (χ4n) is 2.21. The largest absolute Gasteiger partial charge is 0.399 e. The molecule has 0 bridgehead atoms. The number of hydrogen-bond acceptors (Lipinski definition) is 3. The third kappa shape index (κ3) is 2.24. The van der Waals surface area contributed by atoms with Crippen LogP contribution in [-0.4, -0.2) is 25.8 Å². The van der Waals surface area contributed by atoms with Crippen molar-refractivity contribution in [2.24, 2.45) is 0 Å². The Morgan fingerprint density at radius 1 is 1.39 bits per heavy atom. The van der Waals surface area contributed by atoms with Crippen molar-refractivity contribution < 1.29 is 8.42 Å². The first kappa shape index (κ1) is 13.4. The second-order valence-corrected chi connectivity index (χ2v) is 6.79. The summed E-state index contributed by atoms with van der Waals surface area (Å²) in [5.41, 5.74) is 7.04. The maximum Gasteiger partial charge on any atom is 0.243 e. The van der Waals surface area contributed by atoms with E-state index in [-0.39, 0.29) is 6.04 Å². The van der Waals surface area contributed by atoms with E-state index in [1.54, 1.807) is 25.2 Å². The topological polar surface area (TPSA) is 63.4 Å². The van der Waals surface area contributed by atoms with E-state index in [1.807, 2.05) is 6.92 Å². The molecule has 5 heteroatoms. The highest BCUT2D eigenvalue weighted by atomic mass is 32.2. The van der Waals surface area contributed by atoms with Crippen LogP contribution in [0, 0.1) is 0 Å². The molecule has 0 aromatic heterocycles. The Kier molecular flexibility index (Phi) is 3.64. The predicted molar refractivity (Wildman–Crippen MR) is 72.8 cm³/mol. The molecule has 0 saturated heterocycles. The molecule has 2 N–H and O–H groups in total. The lowest BCUT2D eigenvalue weighted by Gasteiger charge is -2.34. The molecule has 0 atom stereocenters. The molecule has 1 aliphatic carbocycles. The quantitative estimate of drug-likeness (QED) is 0.850. The van der Waals surface area contributed by atoms with Gasteiger partial charge in [0.1, 0.15) is 0 Å². The highest BCUT2D eigenvalue weighted by Crippen LogP contribution is 2.30. The molecule has 1 aromatic carbocycles. The van der Waals surface area contributed by atoms with E-state index in [0.29, 0.717) is 17.0 Å². The molecular weight excluding hydrogens is 248 g/mol. The van der Waals surface area contributed by atoms with Gasteiger partial charge >= 0.3 is 0 Å². The monoisotopic (exact) mass is 268 g/mol. The zero-order valence-electron chi connectivity index (χ0n) is 10.9. The molecule has 4 nitrogen and oxygen atoms in total. The average Bonchev–Trinajstić information content (AvgIpc) is 2.26. The van der Waals surface area contributed by atoms with E-state index in [9.17, 15) is 8.42 Å². The Balaban J connectivity index is 2.42. The second kappa shape index (κ2) is 4.90. The van der Waals surface area contributed by atoms with Gasteiger partial charge in [-0.3, -0.25) is 0 Å². The molecule has 18 heavy (non-hydrogen) atoms. The van der Waals surface area contributed by atoms with Crippen molar-refractivity contribution in [3.8, 4) is 0 Å². The number of benzene rings is 1. The summed E-state index contributed by atoms with van der Waals surface area (Å²) in [5, 5.41) is 0. The van der Waals surface area contributed by atoms with E-state index in [4.69, 9.17) is 5.73 Å². The average molecular weight is 268 g/mol. The summed E-state index contributed by atoms with van der Waals surface area (Å²) in [4.78, 5) is 0.361. The molecule has 0 heterocycles. The standard InChI is InChI=1S/C13H20N2O2S/c1-3-10-7-8-11(14)9-13(10)18(16,17)15(2)12-5-4-6-12/h7-9,12H,3-6,14H2,1-2H3. The van der Waals surface area contributed by atoms with Crippen LogP contribution in [0.4, 0.5) is 5.69 Å². The fraction of sp³-hybridized carbons (Fsp3) is 0.538. The van der Waals surface area contributed by atoms with Crippen LogP contribution >= 0.6 is 0 Å². The highest BCUT2D eigenvalue weighted by molar-refractivity contribution is 7.89. The summed E-state index contributed by atoms with van der Waals surface area (Å²) < 4.78 is 26.6. The Labute approximate surface area is 109 Å². The van der Waals surface area contributed by atoms with Crippen LogP contribution in [0.15, 0.2) is 23.1 Å². The minimum Gasteiger partial charge on any atom is -0.399 e. The lowest BCUT2D eigenvalue weighted by atomic mass is 9.94. The van der Waals surface area contributed by atoms with Crippen LogP contribution in [0.1, 0.15) is 31.7 Å². The first-order valence-corrected chi connectivity index (χ1v) is 7.77. The highest BCUT2D eigenvalue weighted by Gasteiger charge is 2.32. The van der Waals surface area contributed by atoms with E-state index >= 15 is 0 Å². The van der Waals surface area contributed by atoms with Crippen molar-refractivity contribution in [2.45, 2.75) is 43.5 Å². The van der Waals surface area contributed by atoms with Crippen LogP contribution in [0.3, 0.4) is 0 Å². The summed E-state index contributed by atoms with van der Waals surface area (Å²) in [6.45, 7) is 1.95. The van der Waals surface area contributed by atoms with Gasteiger partial charge in [-0.1, -0.05) is 19.4 Å². The van der Waals surface area contributed by atoms with Gasteiger partial charge in [0, 0.05) is 18.8 Å². The van der Waals surface area contributed by atoms with Crippen LogP contribution in [0.25, 0.3) is 0 Å². The molecule has 0 amide bonds. The van der Waals surface area contributed by atoms with Gasteiger partial charge in [-0.2, -0.15) is 4.31 Å². The van der Waals surface area contributed by atoms with E-state index in [0.717, 1.165) is 24.8 Å². The number of nitrogens with two attached hydrogens (primary N) is 1. The maximum atomic E-state index is 12.6. The number of nitrogens with zero attached hydrogens (tertiary/aromatic N) is 1. The van der Waals surface area contributed by atoms with E-state index in [1.165, 1.54) is 4.31 Å². The first-order chi connectivity index (χ1) is 8.46. The van der Waals surface area contributed by atoms with Gasteiger partial charge in [0.05, 0.1) is 4.90 Å². The van der Waals surface area contributed by atoms with Crippen molar-refractivity contribution in [2.75, 3.05) is 12.8 Å². The molecular formula is C13H20N2O2S.